The molecule has 2 fully saturated rings. The standard InChI is InChI=1S/C13H26N4O/c14-17-13(16-11-6-2-1-3-7-11)15-10-12-8-4-5-9-18-12/h11-12H,1-10,14H2,(H2,15,16,17). The third-order valence-corrected chi connectivity index (χ3v) is 3.81. The number of guanidine groups is 1. The molecule has 1 aliphatic heterocycles. The molecule has 1 aliphatic carbocycles. The maximum atomic E-state index is 5.66. The molecule has 0 bridgehead atoms. The Bertz CT molecular complexity index is 258. The molecule has 0 radical (unpaired) electrons. The van der Waals surface area contributed by atoms with Gasteiger partial charge in [-0.1, -0.05) is 19.3 Å². The van der Waals surface area contributed by atoms with Crippen molar-refractivity contribution in [3.63, 3.8) is 0 Å². The summed E-state index contributed by atoms with van der Waals surface area (Å²) in [6.45, 7) is 1.58. The summed E-state index contributed by atoms with van der Waals surface area (Å²) in [6.07, 6.45) is 10.2. The van der Waals surface area contributed by atoms with Gasteiger partial charge in [-0.25, -0.2) is 10.8 Å². The Kier molecular flexibility index (Phi) is 5.74. The molecule has 0 aromatic heterocycles. The van der Waals surface area contributed by atoms with E-state index >= 15 is 0 Å². The van der Waals surface area contributed by atoms with E-state index in [2.05, 4.69) is 15.7 Å². The Balaban J connectivity index is 1.75. The number of ether oxygens (including phenoxy) is 1. The van der Waals surface area contributed by atoms with Crippen molar-refractivity contribution in [2.45, 2.75) is 63.5 Å². The highest BCUT2D eigenvalue weighted by Crippen LogP contribution is 2.17. The van der Waals surface area contributed by atoms with Gasteiger partial charge in [0.25, 0.3) is 0 Å². The van der Waals surface area contributed by atoms with Crippen LogP contribution in [0.4, 0.5) is 0 Å². The van der Waals surface area contributed by atoms with Crippen molar-refractivity contribution < 1.29 is 4.74 Å². The fourth-order valence-electron chi connectivity index (χ4n) is 2.72. The maximum Gasteiger partial charge on any atom is 0.206 e. The summed E-state index contributed by atoms with van der Waals surface area (Å²) < 4.78 is 5.66. The SMILES string of the molecule is NNC(=NCC1CCCCO1)NC1CCCCC1. The third-order valence-electron chi connectivity index (χ3n) is 3.81. The van der Waals surface area contributed by atoms with Gasteiger partial charge in [0.2, 0.25) is 5.96 Å². The van der Waals surface area contributed by atoms with E-state index in [9.17, 15) is 0 Å². The Hall–Kier alpha value is -0.810. The Labute approximate surface area is 110 Å². The van der Waals surface area contributed by atoms with E-state index < -0.39 is 0 Å². The highest BCUT2D eigenvalue weighted by atomic mass is 16.5. The first kappa shape index (κ1) is 13.6. The molecular formula is C13H26N4O. The van der Waals surface area contributed by atoms with Crippen molar-refractivity contribution in [2.75, 3.05) is 13.2 Å². The van der Waals surface area contributed by atoms with Crippen molar-refractivity contribution in [2.24, 2.45) is 10.8 Å². The average Bonchev–Trinajstić information content (AvgIpc) is 2.45. The van der Waals surface area contributed by atoms with Crippen LogP contribution in [0.15, 0.2) is 4.99 Å². The first-order valence-corrected chi connectivity index (χ1v) is 7.27. The molecule has 1 atom stereocenters. The summed E-state index contributed by atoms with van der Waals surface area (Å²) in [5.74, 6) is 6.24. The van der Waals surface area contributed by atoms with Crippen LogP contribution in [0, 0.1) is 0 Å². The van der Waals surface area contributed by atoms with Crippen LogP contribution in [-0.2, 0) is 4.74 Å². The first-order valence-electron chi connectivity index (χ1n) is 7.27. The number of nitrogens with two attached hydrogens (primary N) is 1. The van der Waals surface area contributed by atoms with Crippen LogP contribution in [0.1, 0.15) is 51.4 Å². The summed E-state index contributed by atoms with van der Waals surface area (Å²) in [5.41, 5.74) is 2.67. The van der Waals surface area contributed by atoms with Gasteiger partial charge in [-0.05, 0) is 32.1 Å². The zero-order valence-corrected chi connectivity index (χ0v) is 11.2. The number of hydrogen-bond donors (Lipinski definition) is 3. The van der Waals surface area contributed by atoms with Gasteiger partial charge < -0.3 is 10.1 Å². The van der Waals surface area contributed by atoms with E-state index in [0.717, 1.165) is 19.0 Å². The number of aliphatic imine (C=N–C) groups is 1. The van der Waals surface area contributed by atoms with Gasteiger partial charge in [0.1, 0.15) is 0 Å². The zero-order chi connectivity index (χ0) is 12.6. The predicted octanol–water partition coefficient (Wildman–Crippen LogP) is 1.30. The Morgan fingerprint density at radius 1 is 1.11 bits per heavy atom. The number of nitrogens with zero attached hydrogens (tertiary/aromatic N) is 1. The van der Waals surface area contributed by atoms with Crippen LogP contribution in [0.3, 0.4) is 0 Å². The van der Waals surface area contributed by atoms with Crippen molar-refractivity contribution in [3.8, 4) is 0 Å². The minimum Gasteiger partial charge on any atom is -0.376 e. The normalized spacial score (nSPS) is 26.9. The van der Waals surface area contributed by atoms with Crippen LogP contribution >= 0.6 is 0 Å². The lowest BCUT2D eigenvalue weighted by molar-refractivity contribution is 0.0224. The second kappa shape index (κ2) is 7.59. The van der Waals surface area contributed by atoms with E-state index in [-0.39, 0.29) is 6.10 Å². The molecule has 1 saturated carbocycles. The fourth-order valence-corrected chi connectivity index (χ4v) is 2.72. The van der Waals surface area contributed by atoms with E-state index in [1.165, 1.54) is 44.9 Å². The predicted molar refractivity (Wildman–Crippen MR) is 73.2 cm³/mol. The zero-order valence-electron chi connectivity index (χ0n) is 11.2. The minimum atomic E-state index is 0.273. The maximum absolute atomic E-state index is 5.66. The second-order valence-electron chi connectivity index (χ2n) is 5.30. The highest BCUT2D eigenvalue weighted by Gasteiger charge is 2.16. The van der Waals surface area contributed by atoms with Crippen LogP contribution in [0.2, 0.25) is 0 Å². The van der Waals surface area contributed by atoms with E-state index in [4.69, 9.17) is 10.6 Å². The lowest BCUT2D eigenvalue weighted by atomic mass is 9.96. The van der Waals surface area contributed by atoms with Crippen molar-refractivity contribution in [1.29, 1.82) is 0 Å². The summed E-state index contributed by atoms with van der Waals surface area (Å²) in [5, 5.41) is 3.40. The van der Waals surface area contributed by atoms with Gasteiger partial charge in [0.05, 0.1) is 12.6 Å². The molecule has 5 nitrogen and oxygen atoms in total. The van der Waals surface area contributed by atoms with E-state index in [0.29, 0.717) is 12.6 Å². The van der Waals surface area contributed by atoms with Gasteiger partial charge in [-0.2, -0.15) is 0 Å². The molecule has 5 heteroatoms. The topological polar surface area (TPSA) is 71.7 Å². The van der Waals surface area contributed by atoms with Gasteiger partial charge >= 0.3 is 0 Å². The first-order chi connectivity index (χ1) is 8.88. The van der Waals surface area contributed by atoms with Gasteiger partial charge in [-0.15, -0.1) is 0 Å². The minimum absolute atomic E-state index is 0.273. The van der Waals surface area contributed by atoms with Gasteiger partial charge in [-0.3, -0.25) is 5.43 Å². The van der Waals surface area contributed by atoms with E-state index in [1.54, 1.807) is 0 Å². The number of nitrogens with one attached hydrogen (secondary N) is 2. The highest BCUT2D eigenvalue weighted by molar-refractivity contribution is 5.79. The molecule has 2 aliphatic rings. The molecule has 0 spiro atoms. The molecule has 0 aromatic carbocycles. The molecule has 0 aromatic rings. The smallest absolute Gasteiger partial charge is 0.206 e. The average molecular weight is 254 g/mol. The van der Waals surface area contributed by atoms with Crippen molar-refractivity contribution in [1.82, 2.24) is 10.7 Å². The molecule has 4 N–H and O–H groups in total. The Morgan fingerprint density at radius 2 is 1.89 bits per heavy atom. The number of rotatable bonds is 3. The molecule has 104 valence electrons. The molecule has 2 rings (SSSR count). The fraction of sp³-hybridized carbons (Fsp3) is 0.923. The van der Waals surface area contributed by atoms with Crippen LogP contribution < -0.4 is 16.6 Å². The summed E-state index contributed by atoms with van der Waals surface area (Å²) in [4.78, 5) is 4.50. The van der Waals surface area contributed by atoms with Crippen LogP contribution in [0.25, 0.3) is 0 Å². The summed E-state index contributed by atoms with van der Waals surface area (Å²) in [7, 11) is 0. The summed E-state index contributed by atoms with van der Waals surface area (Å²) >= 11 is 0. The summed E-state index contributed by atoms with van der Waals surface area (Å²) in [6, 6.07) is 0.529. The molecule has 1 saturated heterocycles. The van der Waals surface area contributed by atoms with Gasteiger partial charge in [0, 0.05) is 12.6 Å². The van der Waals surface area contributed by atoms with Crippen LogP contribution in [0.5, 0.6) is 0 Å². The third kappa shape index (κ3) is 4.46. The Morgan fingerprint density at radius 3 is 2.56 bits per heavy atom. The molecular weight excluding hydrogens is 228 g/mol. The largest absolute Gasteiger partial charge is 0.376 e. The molecule has 0 amide bonds. The van der Waals surface area contributed by atoms with Crippen LogP contribution in [-0.4, -0.2) is 31.3 Å². The molecule has 1 heterocycles. The quantitative estimate of drug-likeness (QED) is 0.307. The number of hydrogen-bond acceptors (Lipinski definition) is 3. The number of hydrazine groups is 1. The van der Waals surface area contributed by atoms with E-state index in [1.807, 2.05) is 0 Å². The van der Waals surface area contributed by atoms with Gasteiger partial charge in [0.15, 0.2) is 0 Å². The monoisotopic (exact) mass is 254 g/mol. The lowest BCUT2D eigenvalue weighted by Crippen LogP contribution is -2.47. The second-order valence-corrected chi connectivity index (χ2v) is 5.30. The van der Waals surface area contributed by atoms with Crippen molar-refractivity contribution in [3.05, 3.63) is 0 Å². The molecule has 1 unspecified atom stereocenters. The van der Waals surface area contributed by atoms with Crippen molar-refractivity contribution >= 4 is 5.96 Å². The lowest BCUT2D eigenvalue weighted by Gasteiger charge is -2.25. The molecule has 18 heavy (non-hydrogen) atoms.